The lowest BCUT2D eigenvalue weighted by Gasteiger charge is -2.22. The molecule has 17 heavy (non-hydrogen) atoms. The average Bonchev–Trinajstić information content (AvgIpc) is 2.77. The first-order chi connectivity index (χ1) is 8.03. The third kappa shape index (κ3) is 6.15. The summed E-state index contributed by atoms with van der Waals surface area (Å²) in [5.41, 5.74) is 9.10. The van der Waals surface area contributed by atoms with Crippen molar-refractivity contribution in [1.82, 2.24) is 9.88 Å². The van der Waals surface area contributed by atoms with Gasteiger partial charge in [0.05, 0.1) is 11.2 Å². The maximum Gasteiger partial charge on any atom is 0.0795 e. The van der Waals surface area contributed by atoms with Crippen LogP contribution in [0.5, 0.6) is 0 Å². The fraction of sp³-hybridized carbons (Fsp3) is 0.769. The summed E-state index contributed by atoms with van der Waals surface area (Å²) >= 11 is 1.66. The molecular weight excluding hydrogens is 230 g/mol. The lowest BCUT2D eigenvalue weighted by atomic mass is 9.87. The van der Waals surface area contributed by atoms with E-state index in [1.165, 1.54) is 25.0 Å². The zero-order valence-electron chi connectivity index (χ0n) is 11.3. The molecule has 2 N–H and O–H groups in total. The van der Waals surface area contributed by atoms with Gasteiger partial charge < -0.3 is 10.6 Å². The topological polar surface area (TPSA) is 42.1 Å². The van der Waals surface area contributed by atoms with Crippen molar-refractivity contribution in [3.63, 3.8) is 0 Å². The molecule has 0 spiro atoms. The van der Waals surface area contributed by atoms with Crippen molar-refractivity contribution in [1.29, 1.82) is 0 Å². The Bertz CT molecular complexity index is 296. The molecule has 4 heteroatoms. The molecule has 98 valence electrons. The van der Waals surface area contributed by atoms with Crippen molar-refractivity contribution in [2.45, 2.75) is 39.7 Å². The van der Waals surface area contributed by atoms with Crippen LogP contribution >= 0.6 is 11.3 Å². The zero-order chi connectivity index (χ0) is 12.7. The van der Waals surface area contributed by atoms with Crippen molar-refractivity contribution in [3.8, 4) is 0 Å². The summed E-state index contributed by atoms with van der Waals surface area (Å²) in [7, 11) is 2.16. The average molecular weight is 255 g/mol. The molecule has 0 amide bonds. The molecule has 1 heterocycles. The lowest BCUT2D eigenvalue weighted by Crippen LogP contribution is -2.24. The summed E-state index contributed by atoms with van der Waals surface area (Å²) < 4.78 is 0. The first-order valence-corrected chi connectivity index (χ1v) is 7.23. The van der Waals surface area contributed by atoms with E-state index in [9.17, 15) is 0 Å². The summed E-state index contributed by atoms with van der Waals surface area (Å²) in [6.07, 6.45) is 3.71. The molecule has 0 aromatic carbocycles. The number of thiazole rings is 1. The minimum Gasteiger partial charge on any atom is -0.330 e. The van der Waals surface area contributed by atoms with Crippen LogP contribution in [-0.2, 0) is 6.54 Å². The van der Waals surface area contributed by atoms with Gasteiger partial charge in [0.1, 0.15) is 0 Å². The van der Waals surface area contributed by atoms with E-state index in [4.69, 9.17) is 5.73 Å². The van der Waals surface area contributed by atoms with Crippen LogP contribution in [0.1, 0.15) is 38.8 Å². The van der Waals surface area contributed by atoms with Crippen LogP contribution in [0.15, 0.2) is 10.9 Å². The third-order valence-corrected chi connectivity index (χ3v) is 3.75. The van der Waals surface area contributed by atoms with Gasteiger partial charge in [-0.1, -0.05) is 20.3 Å². The van der Waals surface area contributed by atoms with E-state index in [-0.39, 0.29) is 0 Å². The standard InChI is InChI=1S/C13H25N3S/c1-13(2,10-14)6-4-5-7-16(3)8-12-9-17-11-15-12/h9,11H,4-8,10,14H2,1-3H3. The molecule has 1 rings (SSSR count). The SMILES string of the molecule is CN(CCCCC(C)(C)CN)Cc1cscn1. The van der Waals surface area contributed by atoms with Crippen LogP contribution in [0.2, 0.25) is 0 Å². The van der Waals surface area contributed by atoms with Crippen LogP contribution in [0.4, 0.5) is 0 Å². The molecule has 0 unspecified atom stereocenters. The Morgan fingerprint density at radius 2 is 2.18 bits per heavy atom. The maximum absolute atomic E-state index is 5.72. The quantitative estimate of drug-likeness (QED) is 0.726. The van der Waals surface area contributed by atoms with Gasteiger partial charge in [0.25, 0.3) is 0 Å². The second kappa shape index (κ2) is 7.09. The molecule has 0 aliphatic carbocycles. The predicted octanol–water partition coefficient (Wildman–Crippen LogP) is 2.73. The van der Waals surface area contributed by atoms with E-state index >= 15 is 0 Å². The number of nitrogens with zero attached hydrogens (tertiary/aromatic N) is 2. The van der Waals surface area contributed by atoms with Gasteiger partial charge in [0, 0.05) is 11.9 Å². The molecule has 0 saturated heterocycles. The zero-order valence-corrected chi connectivity index (χ0v) is 12.1. The van der Waals surface area contributed by atoms with Gasteiger partial charge in [0.2, 0.25) is 0 Å². The Labute approximate surface area is 109 Å². The van der Waals surface area contributed by atoms with E-state index in [2.05, 4.69) is 36.2 Å². The summed E-state index contributed by atoms with van der Waals surface area (Å²) in [6.45, 7) is 7.36. The molecular formula is C13H25N3S. The van der Waals surface area contributed by atoms with Crippen molar-refractivity contribution in [2.24, 2.45) is 11.1 Å². The molecule has 3 nitrogen and oxygen atoms in total. The fourth-order valence-corrected chi connectivity index (χ4v) is 2.31. The van der Waals surface area contributed by atoms with Crippen LogP contribution in [0, 0.1) is 5.41 Å². The first-order valence-electron chi connectivity index (χ1n) is 6.29. The molecule has 0 aliphatic heterocycles. The van der Waals surface area contributed by atoms with E-state index in [0.717, 1.165) is 19.6 Å². The molecule has 0 saturated carbocycles. The number of hydrogen-bond acceptors (Lipinski definition) is 4. The van der Waals surface area contributed by atoms with E-state index < -0.39 is 0 Å². The Balaban J connectivity index is 2.10. The molecule has 0 bridgehead atoms. The highest BCUT2D eigenvalue weighted by Gasteiger charge is 2.14. The molecule has 0 radical (unpaired) electrons. The molecule has 0 fully saturated rings. The normalized spacial score (nSPS) is 12.3. The van der Waals surface area contributed by atoms with Crippen molar-refractivity contribution >= 4 is 11.3 Å². The van der Waals surface area contributed by atoms with Crippen molar-refractivity contribution in [2.75, 3.05) is 20.1 Å². The van der Waals surface area contributed by atoms with Crippen LogP contribution in [0.3, 0.4) is 0 Å². The highest BCUT2D eigenvalue weighted by atomic mass is 32.1. The maximum atomic E-state index is 5.72. The van der Waals surface area contributed by atoms with Crippen molar-refractivity contribution in [3.05, 3.63) is 16.6 Å². The summed E-state index contributed by atoms with van der Waals surface area (Å²) in [4.78, 5) is 6.64. The van der Waals surface area contributed by atoms with Gasteiger partial charge in [-0.2, -0.15) is 0 Å². The van der Waals surface area contributed by atoms with Crippen LogP contribution < -0.4 is 5.73 Å². The Morgan fingerprint density at radius 3 is 2.76 bits per heavy atom. The Morgan fingerprint density at radius 1 is 1.41 bits per heavy atom. The van der Waals surface area contributed by atoms with Gasteiger partial charge in [0.15, 0.2) is 0 Å². The van der Waals surface area contributed by atoms with Gasteiger partial charge >= 0.3 is 0 Å². The summed E-state index contributed by atoms with van der Waals surface area (Å²) in [5, 5.41) is 2.12. The largest absolute Gasteiger partial charge is 0.330 e. The fourth-order valence-electron chi connectivity index (χ4n) is 1.76. The number of hydrogen-bond donors (Lipinski definition) is 1. The third-order valence-electron chi connectivity index (χ3n) is 3.11. The summed E-state index contributed by atoms with van der Waals surface area (Å²) in [6, 6.07) is 0. The Kier molecular flexibility index (Phi) is 6.09. The summed E-state index contributed by atoms with van der Waals surface area (Å²) in [5.74, 6) is 0. The van der Waals surface area contributed by atoms with Gasteiger partial charge in [-0.05, 0) is 38.4 Å². The van der Waals surface area contributed by atoms with Crippen LogP contribution in [0.25, 0.3) is 0 Å². The van der Waals surface area contributed by atoms with E-state index in [0.29, 0.717) is 5.41 Å². The second-order valence-electron chi connectivity index (χ2n) is 5.54. The molecule has 0 aliphatic rings. The van der Waals surface area contributed by atoms with E-state index in [1.54, 1.807) is 11.3 Å². The van der Waals surface area contributed by atoms with Gasteiger partial charge in [-0.3, -0.25) is 0 Å². The predicted molar refractivity (Wildman–Crippen MR) is 75.1 cm³/mol. The second-order valence-corrected chi connectivity index (χ2v) is 6.26. The van der Waals surface area contributed by atoms with Gasteiger partial charge in [-0.15, -0.1) is 11.3 Å². The molecule has 1 aromatic heterocycles. The monoisotopic (exact) mass is 255 g/mol. The lowest BCUT2D eigenvalue weighted by molar-refractivity contribution is 0.287. The minimum atomic E-state index is 0.299. The Hall–Kier alpha value is -0.450. The number of aromatic nitrogens is 1. The smallest absolute Gasteiger partial charge is 0.0795 e. The molecule has 1 aromatic rings. The number of unbranched alkanes of at least 4 members (excludes halogenated alkanes) is 1. The number of nitrogens with two attached hydrogens (primary N) is 1. The minimum absolute atomic E-state index is 0.299. The highest BCUT2D eigenvalue weighted by molar-refractivity contribution is 7.07. The van der Waals surface area contributed by atoms with E-state index in [1.807, 2.05) is 5.51 Å². The first kappa shape index (κ1) is 14.6. The van der Waals surface area contributed by atoms with Gasteiger partial charge in [-0.25, -0.2) is 4.98 Å². The van der Waals surface area contributed by atoms with Crippen LogP contribution in [-0.4, -0.2) is 30.0 Å². The highest BCUT2D eigenvalue weighted by Crippen LogP contribution is 2.21. The van der Waals surface area contributed by atoms with Crippen molar-refractivity contribution < 1.29 is 0 Å². The number of rotatable bonds is 8. The molecule has 0 atom stereocenters.